The predicted octanol–water partition coefficient (Wildman–Crippen LogP) is 3.50. The molecule has 0 saturated carbocycles. The van der Waals surface area contributed by atoms with Crippen molar-refractivity contribution in [3.8, 4) is 5.75 Å². The summed E-state index contributed by atoms with van der Waals surface area (Å²) < 4.78 is 5.56. The van der Waals surface area contributed by atoms with Crippen LogP contribution in [0, 0.1) is 0 Å². The minimum atomic E-state index is -0.123. The Kier molecular flexibility index (Phi) is 4.10. The molecular formula is C18H18N2O2. The lowest BCUT2D eigenvalue weighted by Crippen LogP contribution is -2.23. The highest BCUT2D eigenvalue weighted by Crippen LogP contribution is 2.18. The number of aromatic nitrogens is 1. The van der Waals surface area contributed by atoms with Crippen molar-refractivity contribution in [2.75, 3.05) is 6.61 Å². The van der Waals surface area contributed by atoms with E-state index in [1.54, 1.807) is 0 Å². The van der Waals surface area contributed by atoms with Crippen molar-refractivity contribution in [2.24, 2.45) is 0 Å². The van der Waals surface area contributed by atoms with Gasteiger partial charge in [-0.2, -0.15) is 0 Å². The van der Waals surface area contributed by atoms with E-state index in [0.29, 0.717) is 18.8 Å². The number of carbonyl (C=O) groups is 1. The van der Waals surface area contributed by atoms with Crippen molar-refractivity contribution in [3.63, 3.8) is 0 Å². The molecule has 1 amide bonds. The van der Waals surface area contributed by atoms with Crippen LogP contribution in [0.25, 0.3) is 10.9 Å². The van der Waals surface area contributed by atoms with Gasteiger partial charge in [0.1, 0.15) is 11.4 Å². The molecule has 0 saturated heterocycles. The molecule has 0 aliphatic carbocycles. The number of H-pyrrole nitrogens is 1. The lowest BCUT2D eigenvalue weighted by Gasteiger charge is -2.10. The number of hydrogen-bond donors (Lipinski definition) is 2. The summed E-state index contributed by atoms with van der Waals surface area (Å²) in [6, 6.07) is 17.4. The third-order valence-corrected chi connectivity index (χ3v) is 3.49. The van der Waals surface area contributed by atoms with E-state index in [1.807, 2.05) is 61.5 Å². The number of benzene rings is 2. The minimum absolute atomic E-state index is 0.123. The molecule has 2 N–H and O–H groups in total. The van der Waals surface area contributed by atoms with Gasteiger partial charge in [-0.05, 0) is 25.1 Å². The standard InChI is InChI=1S/C18H18N2O2/c1-2-22-17-10-6-4-8-14(17)12-19-18(21)16-11-13-7-3-5-9-15(13)20-16/h3-11,20H,2,12H2,1H3,(H,19,21). The zero-order valence-corrected chi connectivity index (χ0v) is 12.4. The second kappa shape index (κ2) is 6.35. The summed E-state index contributed by atoms with van der Waals surface area (Å²) >= 11 is 0. The van der Waals surface area contributed by atoms with Crippen LogP contribution in [0.4, 0.5) is 0 Å². The Labute approximate surface area is 129 Å². The maximum atomic E-state index is 12.3. The van der Waals surface area contributed by atoms with Crippen molar-refractivity contribution in [3.05, 3.63) is 65.9 Å². The van der Waals surface area contributed by atoms with Gasteiger partial charge in [0.05, 0.1) is 6.61 Å². The van der Waals surface area contributed by atoms with Gasteiger partial charge in [0.15, 0.2) is 0 Å². The smallest absolute Gasteiger partial charge is 0.267 e. The summed E-state index contributed by atoms with van der Waals surface area (Å²) in [6.45, 7) is 2.98. The molecule has 3 rings (SSSR count). The highest BCUT2D eigenvalue weighted by molar-refractivity contribution is 5.97. The van der Waals surface area contributed by atoms with Crippen LogP contribution in [0.3, 0.4) is 0 Å². The summed E-state index contributed by atoms with van der Waals surface area (Å²) in [4.78, 5) is 15.4. The minimum Gasteiger partial charge on any atom is -0.494 e. The quantitative estimate of drug-likeness (QED) is 0.756. The summed E-state index contributed by atoms with van der Waals surface area (Å²) in [6.07, 6.45) is 0. The van der Waals surface area contributed by atoms with E-state index < -0.39 is 0 Å². The van der Waals surface area contributed by atoms with E-state index in [4.69, 9.17) is 4.74 Å². The maximum absolute atomic E-state index is 12.3. The maximum Gasteiger partial charge on any atom is 0.267 e. The van der Waals surface area contributed by atoms with Crippen LogP contribution >= 0.6 is 0 Å². The first kappa shape index (κ1) is 14.2. The van der Waals surface area contributed by atoms with Crippen LogP contribution in [0.15, 0.2) is 54.6 Å². The van der Waals surface area contributed by atoms with Gasteiger partial charge >= 0.3 is 0 Å². The van der Waals surface area contributed by atoms with Crippen LogP contribution in [0.5, 0.6) is 5.75 Å². The van der Waals surface area contributed by atoms with Crippen molar-refractivity contribution in [1.29, 1.82) is 0 Å². The first-order valence-electron chi connectivity index (χ1n) is 7.34. The fourth-order valence-electron chi connectivity index (χ4n) is 2.41. The van der Waals surface area contributed by atoms with E-state index in [9.17, 15) is 4.79 Å². The fourth-order valence-corrected chi connectivity index (χ4v) is 2.41. The van der Waals surface area contributed by atoms with Gasteiger partial charge in [-0.15, -0.1) is 0 Å². The van der Waals surface area contributed by atoms with Crippen molar-refractivity contribution in [2.45, 2.75) is 13.5 Å². The summed E-state index contributed by atoms with van der Waals surface area (Å²) in [5, 5.41) is 3.95. The Morgan fingerprint density at radius 2 is 1.91 bits per heavy atom. The van der Waals surface area contributed by atoms with Gasteiger partial charge in [0, 0.05) is 23.0 Å². The predicted molar refractivity (Wildman–Crippen MR) is 87.1 cm³/mol. The van der Waals surface area contributed by atoms with Gasteiger partial charge in [-0.3, -0.25) is 4.79 Å². The van der Waals surface area contributed by atoms with Gasteiger partial charge in [0.2, 0.25) is 0 Å². The van der Waals surface area contributed by atoms with Crippen molar-refractivity contribution < 1.29 is 9.53 Å². The Bertz CT molecular complexity index is 759. The Morgan fingerprint density at radius 3 is 2.73 bits per heavy atom. The van der Waals surface area contributed by atoms with E-state index in [2.05, 4.69) is 10.3 Å². The lowest BCUT2D eigenvalue weighted by molar-refractivity contribution is 0.0946. The second-order valence-corrected chi connectivity index (χ2v) is 4.99. The Hall–Kier alpha value is -2.75. The molecule has 0 radical (unpaired) electrons. The van der Waals surface area contributed by atoms with Gasteiger partial charge in [-0.25, -0.2) is 0 Å². The number of fused-ring (bicyclic) bond motifs is 1. The first-order valence-corrected chi connectivity index (χ1v) is 7.34. The first-order chi connectivity index (χ1) is 10.8. The van der Waals surface area contributed by atoms with E-state index in [-0.39, 0.29) is 5.91 Å². The van der Waals surface area contributed by atoms with Gasteiger partial charge in [0.25, 0.3) is 5.91 Å². The third-order valence-electron chi connectivity index (χ3n) is 3.49. The number of para-hydroxylation sites is 2. The van der Waals surface area contributed by atoms with Crippen LogP contribution in [0.1, 0.15) is 23.0 Å². The Balaban J connectivity index is 1.72. The van der Waals surface area contributed by atoms with Crippen molar-refractivity contribution in [1.82, 2.24) is 10.3 Å². The van der Waals surface area contributed by atoms with Crippen LogP contribution in [-0.2, 0) is 6.54 Å². The molecule has 0 atom stereocenters. The van der Waals surface area contributed by atoms with E-state index in [0.717, 1.165) is 22.2 Å². The molecule has 112 valence electrons. The molecular weight excluding hydrogens is 276 g/mol. The number of ether oxygens (including phenoxy) is 1. The SMILES string of the molecule is CCOc1ccccc1CNC(=O)c1cc2ccccc2[nH]1. The summed E-state index contributed by atoms with van der Waals surface area (Å²) in [5.41, 5.74) is 2.49. The Morgan fingerprint density at radius 1 is 1.14 bits per heavy atom. The van der Waals surface area contributed by atoms with Crippen LogP contribution in [-0.4, -0.2) is 17.5 Å². The molecule has 2 aromatic carbocycles. The normalized spacial score (nSPS) is 10.6. The lowest BCUT2D eigenvalue weighted by atomic mass is 10.2. The van der Waals surface area contributed by atoms with E-state index >= 15 is 0 Å². The van der Waals surface area contributed by atoms with Gasteiger partial charge in [-0.1, -0.05) is 36.4 Å². The molecule has 1 aromatic heterocycles. The fraction of sp³-hybridized carbons (Fsp3) is 0.167. The summed E-state index contributed by atoms with van der Waals surface area (Å²) in [7, 11) is 0. The molecule has 0 aliphatic rings. The van der Waals surface area contributed by atoms with Crippen LogP contribution < -0.4 is 10.1 Å². The van der Waals surface area contributed by atoms with Gasteiger partial charge < -0.3 is 15.0 Å². The second-order valence-electron chi connectivity index (χ2n) is 4.99. The number of carbonyl (C=O) groups excluding carboxylic acids is 1. The largest absolute Gasteiger partial charge is 0.494 e. The highest BCUT2D eigenvalue weighted by atomic mass is 16.5. The summed E-state index contributed by atoms with van der Waals surface area (Å²) in [5.74, 6) is 0.685. The molecule has 3 aromatic rings. The zero-order chi connectivity index (χ0) is 15.4. The number of hydrogen-bond acceptors (Lipinski definition) is 2. The molecule has 22 heavy (non-hydrogen) atoms. The molecule has 0 fully saturated rings. The van der Waals surface area contributed by atoms with Crippen molar-refractivity contribution >= 4 is 16.8 Å². The molecule has 4 nitrogen and oxygen atoms in total. The number of rotatable bonds is 5. The molecule has 0 aliphatic heterocycles. The third kappa shape index (κ3) is 2.96. The molecule has 1 heterocycles. The molecule has 0 spiro atoms. The average Bonchev–Trinajstić information content (AvgIpc) is 2.98. The highest BCUT2D eigenvalue weighted by Gasteiger charge is 2.10. The molecule has 4 heteroatoms. The topological polar surface area (TPSA) is 54.1 Å². The van der Waals surface area contributed by atoms with E-state index in [1.165, 1.54) is 0 Å². The van der Waals surface area contributed by atoms with Crippen LogP contribution in [0.2, 0.25) is 0 Å². The molecule has 0 unspecified atom stereocenters. The zero-order valence-electron chi connectivity index (χ0n) is 12.4. The number of aromatic amines is 1. The molecule has 0 bridgehead atoms. The number of nitrogens with one attached hydrogen (secondary N) is 2. The monoisotopic (exact) mass is 294 g/mol. The number of amides is 1. The average molecular weight is 294 g/mol.